The molecule has 94 valence electrons. The number of hydrogen-bond donors (Lipinski definition) is 1. The van der Waals surface area contributed by atoms with Gasteiger partial charge in [-0.1, -0.05) is 0 Å². The molecule has 1 aromatic heterocycles. The number of carbonyl (C=O) groups is 2. The number of amides is 2. The van der Waals surface area contributed by atoms with Crippen LogP contribution in [0.5, 0.6) is 0 Å². The van der Waals surface area contributed by atoms with Gasteiger partial charge in [-0.15, -0.1) is 11.3 Å². The predicted octanol–water partition coefficient (Wildman–Crippen LogP) is 1.95. The van der Waals surface area contributed by atoms with E-state index in [1.165, 1.54) is 16.2 Å². The van der Waals surface area contributed by atoms with E-state index in [4.69, 9.17) is 0 Å². The molecule has 0 saturated carbocycles. The van der Waals surface area contributed by atoms with Gasteiger partial charge in [0.15, 0.2) is 0 Å². The summed E-state index contributed by atoms with van der Waals surface area (Å²) in [6, 6.07) is 1.91. The number of nitrogens with zero attached hydrogens (tertiary/aromatic N) is 1. The van der Waals surface area contributed by atoms with Gasteiger partial charge in [0.25, 0.3) is 5.91 Å². The molecule has 0 aromatic carbocycles. The van der Waals surface area contributed by atoms with Gasteiger partial charge in [-0.3, -0.25) is 9.59 Å². The topological polar surface area (TPSA) is 49.4 Å². The van der Waals surface area contributed by atoms with Crippen LogP contribution in [0.15, 0.2) is 11.4 Å². The number of carbonyl (C=O) groups excluding carboxylic acids is 2. The average Bonchev–Trinajstić information content (AvgIpc) is 2.62. The summed E-state index contributed by atoms with van der Waals surface area (Å²) < 4.78 is 1.06. The Kier molecular flexibility index (Phi) is 5.38. The van der Waals surface area contributed by atoms with Crippen molar-refractivity contribution in [2.75, 3.05) is 13.6 Å². The lowest BCUT2D eigenvalue weighted by molar-refractivity contribution is -0.122. The Morgan fingerprint density at radius 1 is 1.53 bits per heavy atom. The monoisotopic (exact) mass is 366 g/mol. The van der Waals surface area contributed by atoms with Crippen molar-refractivity contribution in [3.63, 3.8) is 0 Å². The standard InChI is InChI=1S/C11H15IN2O2S/c1-7(2)13-10(15)5-14(3)11(16)8-4-9(12)17-6-8/h4,6-7H,5H2,1-3H3,(H,13,15). The number of halogens is 1. The minimum atomic E-state index is -0.138. The van der Waals surface area contributed by atoms with E-state index in [-0.39, 0.29) is 24.4 Å². The zero-order chi connectivity index (χ0) is 13.0. The lowest BCUT2D eigenvalue weighted by Gasteiger charge is -2.17. The van der Waals surface area contributed by atoms with E-state index < -0.39 is 0 Å². The quantitative estimate of drug-likeness (QED) is 0.829. The highest BCUT2D eigenvalue weighted by Gasteiger charge is 2.16. The van der Waals surface area contributed by atoms with Crippen molar-refractivity contribution in [1.29, 1.82) is 0 Å². The molecule has 6 heteroatoms. The van der Waals surface area contributed by atoms with E-state index in [9.17, 15) is 9.59 Å². The van der Waals surface area contributed by atoms with Crippen LogP contribution < -0.4 is 5.32 Å². The van der Waals surface area contributed by atoms with Gasteiger partial charge in [-0.25, -0.2) is 0 Å². The van der Waals surface area contributed by atoms with Gasteiger partial charge in [0.05, 0.1) is 15.0 Å². The molecule has 4 nitrogen and oxygen atoms in total. The molecule has 0 bridgehead atoms. The molecule has 1 rings (SSSR count). The Hall–Kier alpha value is -0.630. The summed E-state index contributed by atoms with van der Waals surface area (Å²) in [6.07, 6.45) is 0. The molecule has 0 aliphatic carbocycles. The summed E-state index contributed by atoms with van der Waals surface area (Å²) in [5.74, 6) is -0.260. The number of thiophene rings is 1. The molecular formula is C11H15IN2O2S. The maximum Gasteiger partial charge on any atom is 0.254 e. The first kappa shape index (κ1) is 14.4. The zero-order valence-corrected chi connectivity index (χ0v) is 13.0. The molecule has 17 heavy (non-hydrogen) atoms. The first-order valence-electron chi connectivity index (χ1n) is 5.19. The molecule has 0 spiro atoms. The highest BCUT2D eigenvalue weighted by atomic mass is 127. The molecule has 1 heterocycles. The van der Waals surface area contributed by atoms with Crippen LogP contribution in [0, 0.1) is 2.88 Å². The first-order valence-corrected chi connectivity index (χ1v) is 7.15. The van der Waals surface area contributed by atoms with Gasteiger partial charge < -0.3 is 10.2 Å². The highest BCUT2D eigenvalue weighted by Crippen LogP contribution is 2.17. The summed E-state index contributed by atoms with van der Waals surface area (Å²) in [4.78, 5) is 24.9. The number of rotatable bonds is 4. The number of likely N-dealkylation sites (N-methyl/N-ethyl adjacent to an activating group) is 1. The van der Waals surface area contributed by atoms with E-state index in [1.807, 2.05) is 19.9 Å². The molecule has 1 N–H and O–H groups in total. The van der Waals surface area contributed by atoms with Crippen LogP contribution in [0.2, 0.25) is 0 Å². The third kappa shape index (κ3) is 4.63. The number of hydrogen-bond acceptors (Lipinski definition) is 3. The van der Waals surface area contributed by atoms with Crippen LogP contribution in [0.3, 0.4) is 0 Å². The molecule has 0 aliphatic rings. The fourth-order valence-corrected chi connectivity index (χ4v) is 2.62. The molecule has 0 saturated heterocycles. The minimum Gasteiger partial charge on any atom is -0.352 e. The molecule has 0 aliphatic heterocycles. The Morgan fingerprint density at radius 3 is 2.65 bits per heavy atom. The van der Waals surface area contributed by atoms with Crippen molar-refractivity contribution < 1.29 is 9.59 Å². The average molecular weight is 366 g/mol. The van der Waals surface area contributed by atoms with Gasteiger partial charge >= 0.3 is 0 Å². The maximum atomic E-state index is 11.9. The van der Waals surface area contributed by atoms with Crippen LogP contribution in [-0.2, 0) is 4.79 Å². The van der Waals surface area contributed by atoms with Gasteiger partial charge in [0, 0.05) is 18.5 Å². The summed E-state index contributed by atoms with van der Waals surface area (Å²) in [5.41, 5.74) is 0.638. The highest BCUT2D eigenvalue weighted by molar-refractivity contribution is 14.1. The summed E-state index contributed by atoms with van der Waals surface area (Å²) >= 11 is 3.69. The second kappa shape index (κ2) is 6.34. The summed E-state index contributed by atoms with van der Waals surface area (Å²) in [5, 5.41) is 4.56. The lowest BCUT2D eigenvalue weighted by atomic mass is 10.3. The van der Waals surface area contributed by atoms with Crippen LogP contribution >= 0.6 is 33.9 Å². The van der Waals surface area contributed by atoms with Crippen molar-refractivity contribution in [3.8, 4) is 0 Å². The minimum absolute atomic E-state index is 0.0867. The maximum absolute atomic E-state index is 11.9. The number of nitrogens with one attached hydrogen (secondary N) is 1. The summed E-state index contributed by atoms with van der Waals surface area (Å²) in [7, 11) is 1.63. The largest absolute Gasteiger partial charge is 0.352 e. The van der Waals surface area contributed by atoms with Crippen molar-refractivity contribution >= 4 is 45.7 Å². The zero-order valence-electron chi connectivity index (χ0n) is 9.99. The SMILES string of the molecule is CC(C)NC(=O)CN(C)C(=O)c1csc(I)c1. The van der Waals surface area contributed by atoms with Crippen molar-refractivity contribution in [2.24, 2.45) is 0 Å². The second-order valence-electron chi connectivity index (χ2n) is 4.02. The van der Waals surface area contributed by atoms with Crippen LogP contribution in [-0.4, -0.2) is 36.3 Å². The lowest BCUT2D eigenvalue weighted by Crippen LogP contribution is -2.40. The molecule has 0 unspecified atom stereocenters. The fourth-order valence-electron chi connectivity index (χ4n) is 1.30. The van der Waals surface area contributed by atoms with Gasteiger partial charge in [0.2, 0.25) is 5.91 Å². The Bertz CT molecular complexity index is 417. The normalized spacial score (nSPS) is 10.4. The molecule has 0 radical (unpaired) electrons. The van der Waals surface area contributed by atoms with E-state index in [0.717, 1.165) is 2.88 Å². The van der Waals surface area contributed by atoms with E-state index >= 15 is 0 Å². The smallest absolute Gasteiger partial charge is 0.254 e. The van der Waals surface area contributed by atoms with E-state index in [0.29, 0.717) is 5.56 Å². The molecule has 1 aromatic rings. The second-order valence-corrected chi connectivity index (χ2v) is 6.83. The van der Waals surface area contributed by atoms with Crippen LogP contribution in [0.1, 0.15) is 24.2 Å². The van der Waals surface area contributed by atoms with E-state index in [1.54, 1.807) is 12.4 Å². The van der Waals surface area contributed by atoms with Crippen LogP contribution in [0.25, 0.3) is 0 Å². The molecule has 0 fully saturated rings. The summed E-state index contributed by atoms with van der Waals surface area (Å²) in [6.45, 7) is 3.87. The fraction of sp³-hybridized carbons (Fsp3) is 0.455. The third-order valence-electron chi connectivity index (χ3n) is 1.99. The van der Waals surface area contributed by atoms with E-state index in [2.05, 4.69) is 27.9 Å². The Balaban J connectivity index is 2.56. The Labute approximate surface area is 119 Å². The molecule has 0 atom stereocenters. The van der Waals surface area contributed by atoms with Gasteiger partial charge in [-0.05, 0) is 42.5 Å². The van der Waals surface area contributed by atoms with Crippen LogP contribution in [0.4, 0.5) is 0 Å². The van der Waals surface area contributed by atoms with Crippen molar-refractivity contribution in [2.45, 2.75) is 19.9 Å². The predicted molar refractivity (Wildman–Crippen MR) is 77.3 cm³/mol. The van der Waals surface area contributed by atoms with Crippen molar-refractivity contribution in [3.05, 3.63) is 19.9 Å². The van der Waals surface area contributed by atoms with Gasteiger partial charge in [-0.2, -0.15) is 0 Å². The third-order valence-corrected chi connectivity index (χ3v) is 3.78. The first-order chi connectivity index (χ1) is 7.90. The Morgan fingerprint density at radius 2 is 2.18 bits per heavy atom. The van der Waals surface area contributed by atoms with Crippen molar-refractivity contribution in [1.82, 2.24) is 10.2 Å². The van der Waals surface area contributed by atoms with Gasteiger partial charge in [0.1, 0.15) is 0 Å². The molecule has 2 amide bonds. The molecular weight excluding hydrogens is 351 g/mol.